The zero-order chi connectivity index (χ0) is 15.1. The highest BCUT2D eigenvalue weighted by Gasteiger charge is 2.19. The number of piperidine rings is 1. The van der Waals surface area contributed by atoms with E-state index in [-0.39, 0.29) is 0 Å². The maximum absolute atomic E-state index is 5.62. The van der Waals surface area contributed by atoms with Gasteiger partial charge in [-0.05, 0) is 39.2 Å². The summed E-state index contributed by atoms with van der Waals surface area (Å²) in [6.45, 7) is 10.6. The molecule has 5 nitrogen and oxygen atoms in total. The molecular weight excluding hydrogens is 264 g/mol. The highest BCUT2D eigenvalue weighted by Crippen LogP contribution is 2.17. The minimum atomic E-state index is 0.471. The topological polar surface area (TPSA) is 50.3 Å². The number of anilines is 1. The van der Waals surface area contributed by atoms with Crippen LogP contribution < -0.4 is 10.1 Å². The lowest BCUT2D eigenvalue weighted by Gasteiger charge is -2.32. The van der Waals surface area contributed by atoms with E-state index in [1.807, 2.05) is 13.0 Å². The molecule has 1 saturated heterocycles. The number of nitrogens with one attached hydrogen (secondary N) is 1. The second kappa shape index (κ2) is 8.17. The van der Waals surface area contributed by atoms with E-state index in [1.165, 1.54) is 13.0 Å². The number of aryl methyl sites for hydroxylation is 1. The van der Waals surface area contributed by atoms with Crippen LogP contribution in [0.15, 0.2) is 6.07 Å². The number of nitrogens with zero attached hydrogens (tertiary/aromatic N) is 3. The minimum Gasteiger partial charge on any atom is -0.478 e. The molecular formula is C16H28N4O. The second-order valence-electron chi connectivity index (χ2n) is 5.78. The van der Waals surface area contributed by atoms with E-state index in [0.717, 1.165) is 38.0 Å². The van der Waals surface area contributed by atoms with Gasteiger partial charge < -0.3 is 15.0 Å². The molecule has 1 aromatic rings. The van der Waals surface area contributed by atoms with Gasteiger partial charge >= 0.3 is 0 Å². The van der Waals surface area contributed by atoms with Crippen molar-refractivity contribution in [1.82, 2.24) is 14.9 Å². The van der Waals surface area contributed by atoms with Crippen LogP contribution in [-0.2, 0) is 0 Å². The molecule has 0 amide bonds. The van der Waals surface area contributed by atoms with Gasteiger partial charge in [0.2, 0.25) is 11.8 Å². The third-order valence-electron chi connectivity index (χ3n) is 3.75. The smallest absolute Gasteiger partial charge is 0.226 e. The molecule has 0 aromatic carbocycles. The molecule has 1 N–H and O–H groups in total. The number of hydrogen-bond donors (Lipinski definition) is 1. The Kier molecular flexibility index (Phi) is 6.23. The van der Waals surface area contributed by atoms with Gasteiger partial charge in [-0.2, -0.15) is 4.98 Å². The molecule has 118 valence electrons. The summed E-state index contributed by atoms with van der Waals surface area (Å²) in [6.07, 6.45) is 4.53. The van der Waals surface area contributed by atoms with Crippen molar-refractivity contribution in [1.29, 1.82) is 0 Å². The summed E-state index contributed by atoms with van der Waals surface area (Å²) in [7, 11) is 0. The van der Waals surface area contributed by atoms with Crippen LogP contribution in [0.1, 0.15) is 45.2 Å². The summed E-state index contributed by atoms with van der Waals surface area (Å²) in [6, 6.07) is 2.36. The van der Waals surface area contributed by atoms with Crippen LogP contribution in [-0.4, -0.2) is 47.2 Å². The number of likely N-dealkylation sites (tertiary alicyclic amines) is 1. The fourth-order valence-electron chi connectivity index (χ4n) is 2.68. The van der Waals surface area contributed by atoms with Crippen molar-refractivity contribution in [3.63, 3.8) is 0 Å². The molecule has 2 heterocycles. The number of ether oxygens (including phenoxy) is 1. The van der Waals surface area contributed by atoms with Gasteiger partial charge in [0.15, 0.2) is 0 Å². The summed E-state index contributed by atoms with van der Waals surface area (Å²) < 4.78 is 5.62. The lowest BCUT2D eigenvalue weighted by molar-refractivity contribution is 0.219. The first kappa shape index (κ1) is 16.0. The molecule has 1 fully saturated rings. The Morgan fingerprint density at radius 2 is 2.00 bits per heavy atom. The molecule has 0 bridgehead atoms. The maximum Gasteiger partial charge on any atom is 0.226 e. The minimum absolute atomic E-state index is 0.471. The predicted octanol–water partition coefficient (Wildman–Crippen LogP) is 2.86. The fraction of sp³-hybridized carbons (Fsp3) is 0.750. The summed E-state index contributed by atoms with van der Waals surface area (Å²) in [5.74, 6) is 1.38. The lowest BCUT2D eigenvalue weighted by Crippen LogP contribution is -2.39. The van der Waals surface area contributed by atoms with Crippen molar-refractivity contribution in [2.45, 2.75) is 52.5 Å². The predicted molar refractivity (Wildman–Crippen MR) is 85.9 cm³/mol. The molecule has 0 aliphatic carbocycles. The Hall–Kier alpha value is -1.36. The maximum atomic E-state index is 5.62. The van der Waals surface area contributed by atoms with Crippen LogP contribution in [0.4, 0.5) is 5.95 Å². The number of aromatic nitrogens is 2. The van der Waals surface area contributed by atoms with Gasteiger partial charge in [-0.25, -0.2) is 4.98 Å². The zero-order valence-corrected chi connectivity index (χ0v) is 13.6. The van der Waals surface area contributed by atoms with E-state index in [4.69, 9.17) is 4.74 Å². The first-order chi connectivity index (χ1) is 10.2. The largest absolute Gasteiger partial charge is 0.478 e. The second-order valence-corrected chi connectivity index (χ2v) is 5.78. The van der Waals surface area contributed by atoms with Gasteiger partial charge in [-0.3, -0.25) is 0 Å². The molecule has 5 heteroatoms. The molecule has 0 spiro atoms. The van der Waals surface area contributed by atoms with Crippen molar-refractivity contribution < 1.29 is 4.74 Å². The molecule has 1 aromatic heterocycles. The van der Waals surface area contributed by atoms with E-state index in [9.17, 15) is 0 Å². The first-order valence-electron chi connectivity index (χ1n) is 8.18. The van der Waals surface area contributed by atoms with Gasteiger partial charge in [0, 0.05) is 30.9 Å². The summed E-state index contributed by atoms with van der Waals surface area (Å²) in [5.41, 5.74) is 0.946. The van der Waals surface area contributed by atoms with Crippen molar-refractivity contribution in [2.24, 2.45) is 0 Å². The van der Waals surface area contributed by atoms with E-state index in [0.29, 0.717) is 24.5 Å². The SMILES string of the molecule is CCCOc1cc(C)nc(NC2CCN(CCC)CC2)n1. The van der Waals surface area contributed by atoms with Crippen LogP contribution in [0.3, 0.4) is 0 Å². The molecule has 1 aliphatic heterocycles. The van der Waals surface area contributed by atoms with Crippen LogP contribution in [0.2, 0.25) is 0 Å². The summed E-state index contributed by atoms with van der Waals surface area (Å²) in [4.78, 5) is 11.5. The molecule has 0 saturated carbocycles. The normalized spacial score (nSPS) is 16.9. The third kappa shape index (κ3) is 5.16. The highest BCUT2D eigenvalue weighted by molar-refractivity contribution is 5.31. The van der Waals surface area contributed by atoms with Gasteiger partial charge in [-0.1, -0.05) is 13.8 Å². The zero-order valence-electron chi connectivity index (χ0n) is 13.6. The monoisotopic (exact) mass is 292 g/mol. The standard InChI is InChI=1S/C16H28N4O/c1-4-8-20-9-6-14(7-10-20)18-16-17-13(3)12-15(19-16)21-11-5-2/h12,14H,4-11H2,1-3H3,(H,17,18,19). The van der Waals surface area contributed by atoms with E-state index in [1.54, 1.807) is 0 Å². The first-order valence-corrected chi connectivity index (χ1v) is 8.18. The lowest BCUT2D eigenvalue weighted by atomic mass is 10.1. The average Bonchev–Trinajstić information content (AvgIpc) is 2.47. The molecule has 0 radical (unpaired) electrons. The van der Waals surface area contributed by atoms with Crippen LogP contribution in [0, 0.1) is 6.92 Å². The van der Waals surface area contributed by atoms with Crippen molar-refractivity contribution in [2.75, 3.05) is 31.6 Å². The summed E-state index contributed by atoms with van der Waals surface area (Å²) in [5, 5.41) is 3.47. The third-order valence-corrected chi connectivity index (χ3v) is 3.75. The van der Waals surface area contributed by atoms with Crippen molar-refractivity contribution in [3.8, 4) is 5.88 Å². The highest BCUT2D eigenvalue weighted by atomic mass is 16.5. The molecule has 21 heavy (non-hydrogen) atoms. The van der Waals surface area contributed by atoms with E-state index in [2.05, 4.69) is 34.0 Å². The number of rotatable bonds is 7. The van der Waals surface area contributed by atoms with Crippen LogP contribution in [0.25, 0.3) is 0 Å². The van der Waals surface area contributed by atoms with Crippen LogP contribution in [0.5, 0.6) is 5.88 Å². The van der Waals surface area contributed by atoms with Crippen molar-refractivity contribution >= 4 is 5.95 Å². The molecule has 2 rings (SSSR count). The van der Waals surface area contributed by atoms with E-state index >= 15 is 0 Å². The fourth-order valence-corrected chi connectivity index (χ4v) is 2.68. The Morgan fingerprint density at radius 3 is 2.67 bits per heavy atom. The Morgan fingerprint density at radius 1 is 1.24 bits per heavy atom. The van der Waals surface area contributed by atoms with Gasteiger partial charge in [-0.15, -0.1) is 0 Å². The Bertz CT molecular complexity index is 430. The molecule has 0 atom stereocenters. The molecule has 1 aliphatic rings. The van der Waals surface area contributed by atoms with Crippen molar-refractivity contribution in [3.05, 3.63) is 11.8 Å². The summed E-state index contributed by atoms with van der Waals surface area (Å²) >= 11 is 0. The Labute approximate surface area is 128 Å². The Balaban J connectivity index is 1.89. The molecule has 0 unspecified atom stereocenters. The quantitative estimate of drug-likeness (QED) is 0.837. The van der Waals surface area contributed by atoms with Crippen LogP contribution >= 0.6 is 0 Å². The van der Waals surface area contributed by atoms with Gasteiger partial charge in [0.05, 0.1) is 6.61 Å². The average molecular weight is 292 g/mol. The van der Waals surface area contributed by atoms with Gasteiger partial charge in [0.1, 0.15) is 0 Å². The van der Waals surface area contributed by atoms with E-state index < -0.39 is 0 Å². The van der Waals surface area contributed by atoms with Gasteiger partial charge in [0.25, 0.3) is 0 Å². The number of hydrogen-bond acceptors (Lipinski definition) is 5.